The normalized spacial score (nSPS) is 11.1. The van der Waals surface area contributed by atoms with Crippen LogP contribution in [0.5, 0.6) is 17.2 Å². The largest absolute Gasteiger partial charge is 0.493 e. The van der Waals surface area contributed by atoms with Gasteiger partial charge in [-0.2, -0.15) is 0 Å². The second kappa shape index (κ2) is 8.44. The topological polar surface area (TPSA) is 134 Å². The molecule has 10 heteroatoms. The maximum Gasteiger partial charge on any atom is 0.332 e. The summed E-state index contributed by atoms with van der Waals surface area (Å²) < 4.78 is 17.5. The Bertz CT molecular complexity index is 1120. The number of imidazole rings is 1. The predicted octanol–water partition coefficient (Wildman–Crippen LogP) is 2.14. The number of fused-ring (bicyclic) bond motifs is 1. The lowest BCUT2D eigenvalue weighted by Gasteiger charge is -2.15. The van der Waals surface area contributed by atoms with Crippen molar-refractivity contribution in [3.63, 3.8) is 0 Å². The quantitative estimate of drug-likeness (QED) is 0.575. The van der Waals surface area contributed by atoms with Gasteiger partial charge in [0.1, 0.15) is 11.3 Å². The van der Waals surface area contributed by atoms with Crippen molar-refractivity contribution in [3.8, 4) is 22.9 Å². The van der Waals surface area contributed by atoms with Crippen molar-refractivity contribution in [2.45, 2.75) is 32.6 Å². The number of hydrogen-bond donors (Lipinski definition) is 2. The monoisotopic (exact) mass is 415 g/mol. The Morgan fingerprint density at radius 1 is 1.10 bits per heavy atom. The Morgan fingerprint density at radius 2 is 1.70 bits per heavy atom. The summed E-state index contributed by atoms with van der Waals surface area (Å²) in [7, 11) is 4.46. The van der Waals surface area contributed by atoms with E-state index in [9.17, 15) is 9.59 Å². The Hall–Kier alpha value is -3.56. The summed E-state index contributed by atoms with van der Waals surface area (Å²) in [4.78, 5) is 36.5. The maximum atomic E-state index is 12.9. The maximum absolute atomic E-state index is 12.9. The van der Waals surface area contributed by atoms with Crippen LogP contribution in [0, 0.1) is 0 Å². The molecule has 160 valence electrons. The van der Waals surface area contributed by atoms with Crippen LogP contribution in [0.2, 0.25) is 0 Å². The molecule has 0 aliphatic heterocycles. The number of H-pyrrole nitrogens is 1. The highest BCUT2D eigenvalue weighted by Crippen LogP contribution is 2.39. The van der Waals surface area contributed by atoms with Gasteiger partial charge in [-0.25, -0.2) is 19.3 Å². The lowest BCUT2D eigenvalue weighted by atomic mass is 10.0. The van der Waals surface area contributed by atoms with Crippen molar-refractivity contribution in [2.24, 2.45) is 5.73 Å². The molecule has 0 fully saturated rings. The fourth-order valence-electron chi connectivity index (χ4n) is 3.45. The molecule has 0 saturated carbocycles. The fourth-order valence-corrected chi connectivity index (χ4v) is 3.45. The first-order valence-corrected chi connectivity index (χ1v) is 9.52. The molecule has 0 saturated heterocycles. The molecule has 10 nitrogen and oxygen atoms in total. The molecule has 0 radical (unpaired) electrons. The summed E-state index contributed by atoms with van der Waals surface area (Å²) in [6.45, 7) is 4.02. The summed E-state index contributed by atoms with van der Waals surface area (Å²) in [5.41, 5.74) is 5.87. The number of benzene rings is 1. The zero-order valence-electron chi connectivity index (χ0n) is 17.6. The van der Waals surface area contributed by atoms with Gasteiger partial charge in [0.2, 0.25) is 5.75 Å². The SMILES string of the molecule is CCC(CC)c1nc(C(N)=O)c2[nH]c(=O)n(-c3cc(OC)c(OC)c(OC)c3)c2n1. The van der Waals surface area contributed by atoms with Crippen LogP contribution in [-0.4, -0.2) is 46.8 Å². The Balaban J connectivity index is 2.38. The van der Waals surface area contributed by atoms with Crippen molar-refractivity contribution in [1.29, 1.82) is 0 Å². The molecule has 3 rings (SSSR count). The molecule has 3 aromatic rings. The molecule has 0 spiro atoms. The molecular formula is C20H25N5O5. The summed E-state index contributed by atoms with van der Waals surface area (Å²) in [5.74, 6) is 0.872. The number of carbonyl (C=O) groups is 1. The average molecular weight is 415 g/mol. The van der Waals surface area contributed by atoms with E-state index >= 15 is 0 Å². The standard InChI is InChI=1S/C20H25N5O5/c1-6-10(7-2)18-22-14(17(21)26)15-19(24-18)25(20(27)23-15)11-8-12(28-3)16(30-5)13(9-11)29-4/h8-10H,6-7H2,1-5H3,(H2,21,26)(H,23,27). The van der Waals surface area contributed by atoms with Crippen LogP contribution >= 0.6 is 0 Å². The number of nitrogens with one attached hydrogen (secondary N) is 1. The fraction of sp³-hybridized carbons (Fsp3) is 0.400. The minimum atomic E-state index is -0.743. The van der Waals surface area contributed by atoms with Gasteiger partial charge in [-0.1, -0.05) is 13.8 Å². The Morgan fingerprint density at radius 3 is 2.17 bits per heavy atom. The van der Waals surface area contributed by atoms with Gasteiger partial charge in [0.25, 0.3) is 5.91 Å². The summed E-state index contributed by atoms with van der Waals surface area (Å²) in [6.07, 6.45) is 1.55. The molecular weight excluding hydrogens is 390 g/mol. The highest BCUT2D eigenvalue weighted by atomic mass is 16.5. The van der Waals surface area contributed by atoms with Crippen LogP contribution in [0.3, 0.4) is 0 Å². The summed E-state index contributed by atoms with van der Waals surface area (Å²) in [6, 6.07) is 3.25. The van der Waals surface area contributed by atoms with Gasteiger partial charge < -0.3 is 24.9 Å². The summed E-state index contributed by atoms with van der Waals surface area (Å²) in [5, 5.41) is 0. The molecule has 1 aromatic carbocycles. The minimum absolute atomic E-state index is 0.0193. The Labute approximate surface area is 173 Å². The molecule has 3 N–H and O–H groups in total. The number of aromatic amines is 1. The lowest BCUT2D eigenvalue weighted by molar-refractivity contribution is 0.0996. The third-order valence-corrected chi connectivity index (χ3v) is 5.05. The molecule has 0 aliphatic rings. The molecule has 0 bridgehead atoms. The van der Waals surface area contributed by atoms with E-state index in [1.54, 1.807) is 12.1 Å². The van der Waals surface area contributed by atoms with Gasteiger partial charge >= 0.3 is 5.69 Å². The Kier molecular flexibility index (Phi) is 5.95. The van der Waals surface area contributed by atoms with Crippen LogP contribution in [-0.2, 0) is 0 Å². The van der Waals surface area contributed by atoms with Crippen LogP contribution < -0.4 is 25.6 Å². The summed E-state index contributed by atoms with van der Waals surface area (Å²) >= 11 is 0. The van der Waals surface area contributed by atoms with Gasteiger partial charge in [-0.15, -0.1) is 0 Å². The van der Waals surface area contributed by atoms with E-state index in [1.807, 2.05) is 13.8 Å². The number of hydrogen-bond acceptors (Lipinski definition) is 7. The van der Waals surface area contributed by atoms with Gasteiger partial charge in [-0.3, -0.25) is 4.79 Å². The number of aromatic nitrogens is 4. The van der Waals surface area contributed by atoms with Crippen molar-refractivity contribution in [3.05, 3.63) is 34.1 Å². The van der Waals surface area contributed by atoms with Gasteiger partial charge in [0, 0.05) is 18.1 Å². The van der Waals surface area contributed by atoms with Crippen LogP contribution in [0.15, 0.2) is 16.9 Å². The van der Waals surface area contributed by atoms with Crippen molar-refractivity contribution in [1.82, 2.24) is 19.5 Å². The number of rotatable bonds is 8. The first-order chi connectivity index (χ1) is 14.4. The number of primary amides is 1. The van der Waals surface area contributed by atoms with Crippen LogP contribution in [0.1, 0.15) is 48.9 Å². The van der Waals surface area contributed by atoms with E-state index in [0.717, 1.165) is 12.8 Å². The highest BCUT2D eigenvalue weighted by Gasteiger charge is 2.23. The van der Waals surface area contributed by atoms with Crippen LogP contribution in [0.4, 0.5) is 0 Å². The molecule has 0 unspecified atom stereocenters. The first-order valence-electron chi connectivity index (χ1n) is 9.52. The second-order valence-corrected chi connectivity index (χ2v) is 6.66. The third kappa shape index (κ3) is 3.44. The van der Waals surface area contributed by atoms with Crippen molar-refractivity contribution in [2.75, 3.05) is 21.3 Å². The zero-order valence-corrected chi connectivity index (χ0v) is 17.6. The molecule has 0 aliphatic carbocycles. The molecule has 1 amide bonds. The van der Waals surface area contributed by atoms with E-state index in [2.05, 4.69) is 15.0 Å². The molecule has 0 atom stereocenters. The number of methoxy groups -OCH3 is 3. The number of amides is 1. The lowest BCUT2D eigenvalue weighted by Crippen LogP contribution is -2.17. The van der Waals surface area contributed by atoms with E-state index in [4.69, 9.17) is 19.9 Å². The number of ether oxygens (including phenoxy) is 3. The predicted molar refractivity (Wildman–Crippen MR) is 111 cm³/mol. The molecule has 30 heavy (non-hydrogen) atoms. The number of carbonyl (C=O) groups excluding carboxylic acids is 1. The van der Waals surface area contributed by atoms with E-state index < -0.39 is 11.6 Å². The second-order valence-electron chi connectivity index (χ2n) is 6.66. The average Bonchev–Trinajstić information content (AvgIpc) is 3.08. The highest BCUT2D eigenvalue weighted by molar-refractivity contribution is 6.01. The molecule has 2 heterocycles. The number of nitrogens with two attached hydrogens (primary N) is 1. The van der Waals surface area contributed by atoms with Gasteiger partial charge in [0.15, 0.2) is 22.8 Å². The van der Waals surface area contributed by atoms with Crippen LogP contribution in [0.25, 0.3) is 16.9 Å². The van der Waals surface area contributed by atoms with E-state index in [-0.39, 0.29) is 22.8 Å². The zero-order chi connectivity index (χ0) is 22.0. The van der Waals surface area contributed by atoms with Crippen molar-refractivity contribution >= 4 is 17.1 Å². The van der Waals surface area contributed by atoms with Crippen molar-refractivity contribution < 1.29 is 19.0 Å². The smallest absolute Gasteiger partial charge is 0.332 e. The van der Waals surface area contributed by atoms with Gasteiger partial charge in [0.05, 0.1) is 27.0 Å². The molecule has 2 aromatic heterocycles. The minimum Gasteiger partial charge on any atom is -0.493 e. The van der Waals surface area contributed by atoms with E-state index in [0.29, 0.717) is 28.8 Å². The van der Waals surface area contributed by atoms with Gasteiger partial charge in [-0.05, 0) is 12.8 Å². The third-order valence-electron chi connectivity index (χ3n) is 5.05. The number of nitrogens with zero attached hydrogens (tertiary/aromatic N) is 3. The first kappa shape index (κ1) is 21.2. The van der Waals surface area contributed by atoms with E-state index in [1.165, 1.54) is 25.9 Å².